The number of nitrogens with one attached hydrogen (secondary N) is 1. The molecule has 0 unspecified atom stereocenters. The minimum absolute atomic E-state index is 0.270. The van der Waals surface area contributed by atoms with E-state index >= 15 is 0 Å². The summed E-state index contributed by atoms with van der Waals surface area (Å²) in [6.45, 7) is 16.2. The molecule has 0 amide bonds. The van der Waals surface area contributed by atoms with Crippen molar-refractivity contribution >= 4 is 30.1 Å². The lowest BCUT2D eigenvalue weighted by Crippen LogP contribution is -2.52. The molecule has 1 N–H and O–H groups in total. The molecule has 1 aliphatic heterocycles. The van der Waals surface area contributed by atoms with Crippen LogP contribution < -0.4 is 9.46 Å². The van der Waals surface area contributed by atoms with Crippen molar-refractivity contribution in [2.24, 2.45) is 0 Å². The molecule has 0 saturated carbocycles. The first kappa shape index (κ1) is 23.8. The topological polar surface area (TPSA) is 62.8 Å². The van der Waals surface area contributed by atoms with Crippen molar-refractivity contribution in [3.63, 3.8) is 0 Å². The fourth-order valence-corrected chi connectivity index (χ4v) is 3.77. The molecule has 1 aromatic carbocycles. The van der Waals surface area contributed by atoms with E-state index in [1.54, 1.807) is 0 Å². The van der Waals surface area contributed by atoms with Crippen molar-refractivity contribution in [1.82, 2.24) is 4.72 Å². The van der Waals surface area contributed by atoms with E-state index < -0.39 is 34.4 Å². The summed E-state index contributed by atoms with van der Waals surface area (Å²) in [5, 5.41) is 0.683. The van der Waals surface area contributed by atoms with Gasteiger partial charge in [-0.2, -0.15) is 0 Å². The number of aryl methyl sites for hydroxylation is 1. The van der Waals surface area contributed by atoms with Crippen LogP contribution in [-0.4, -0.2) is 40.2 Å². The van der Waals surface area contributed by atoms with Crippen LogP contribution >= 0.6 is 11.6 Å². The van der Waals surface area contributed by atoms with Crippen LogP contribution in [0.4, 0.5) is 0 Å². The summed E-state index contributed by atoms with van der Waals surface area (Å²) in [6.07, 6.45) is 0.584. The second kappa shape index (κ2) is 8.74. The summed E-state index contributed by atoms with van der Waals surface area (Å²) < 4.78 is 33.8. The molecular formula is C20H33BClNO4S. The summed E-state index contributed by atoms with van der Waals surface area (Å²) in [4.78, 5) is 0. The Balaban J connectivity index is 2.08. The van der Waals surface area contributed by atoms with Crippen molar-refractivity contribution in [2.75, 3.05) is 6.61 Å². The van der Waals surface area contributed by atoms with Gasteiger partial charge in [0.25, 0.3) is 0 Å². The predicted octanol–water partition coefficient (Wildman–Crippen LogP) is 4.47. The molecule has 1 aromatic rings. The van der Waals surface area contributed by atoms with Gasteiger partial charge in [0.05, 0.1) is 23.8 Å². The van der Waals surface area contributed by atoms with Crippen LogP contribution in [0.1, 0.15) is 60.5 Å². The highest BCUT2D eigenvalue weighted by molar-refractivity contribution is 7.90. The van der Waals surface area contributed by atoms with Gasteiger partial charge in [-0.1, -0.05) is 11.6 Å². The van der Waals surface area contributed by atoms with E-state index in [0.29, 0.717) is 18.1 Å². The summed E-state index contributed by atoms with van der Waals surface area (Å²) >= 11 is 4.76. The SMILES string of the molecule is Cc1cc(Cl)ccc1OCC[C@H](N[S@+]([O-])C(C)(C)C)B1OC(C)(C)C(C)(C)O1. The van der Waals surface area contributed by atoms with Gasteiger partial charge in [-0.15, -0.1) is 4.72 Å². The normalized spacial score (nSPS) is 20.9. The fourth-order valence-electron chi connectivity index (χ4n) is 2.69. The molecule has 158 valence electrons. The van der Waals surface area contributed by atoms with Crippen molar-refractivity contribution in [3.05, 3.63) is 28.8 Å². The smallest absolute Gasteiger partial charge is 0.480 e. The minimum atomic E-state index is -1.25. The van der Waals surface area contributed by atoms with Crippen molar-refractivity contribution in [2.45, 2.75) is 83.7 Å². The molecule has 0 aliphatic carbocycles. The predicted molar refractivity (Wildman–Crippen MR) is 117 cm³/mol. The first-order valence-corrected chi connectivity index (χ1v) is 11.2. The third kappa shape index (κ3) is 5.80. The van der Waals surface area contributed by atoms with E-state index in [9.17, 15) is 4.55 Å². The number of halogens is 1. The molecule has 0 radical (unpaired) electrons. The molecular weight excluding hydrogens is 397 g/mol. The van der Waals surface area contributed by atoms with Crippen molar-refractivity contribution in [1.29, 1.82) is 0 Å². The standard InChI is InChI=1S/C20H33BClNO4S/c1-14-13-15(22)9-10-16(14)25-12-11-17(23-28(24)18(2,3)4)21-26-19(5,6)20(7,8)27-21/h9-10,13,17,23H,11-12H2,1-8H3/t17-,28+/m0/s1. The Labute approximate surface area is 178 Å². The number of hydrogen-bond donors (Lipinski definition) is 1. The highest BCUT2D eigenvalue weighted by Gasteiger charge is 2.55. The molecule has 8 heteroatoms. The van der Waals surface area contributed by atoms with E-state index in [4.69, 9.17) is 25.6 Å². The van der Waals surface area contributed by atoms with Gasteiger partial charge in [-0.05, 0) is 85.6 Å². The fraction of sp³-hybridized carbons (Fsp3) is 0.700. The van der Waals surface area contributed by atoms with Gasteiger partial charge < -0.3 is 18.6 Å². The Morgan fingerprint density at radius 2 is 1.79 bits per heavy atom. The average Bonchev–Trinajstić information content (AvgIpc) is 2.75. The molecule has 1 saturated heterocycles. The first-order chi connectivity index (χ1) is 12.7. The van der Waals surface area contributed by atoms with Crippen molar-refractivity contribution in [3.8, 4) is 5.75 Å². The Bertz CT molecular complexity index is 665. The number of hydrogen-bond acceptors (Lipinski definition) is 5. The molecule has 1 heterocycles. The molecule has 0 aromatic heterocycles. The van der Waals surface area contributed by atoms with Gasteiger partial charge in [0.2, 0.25) is 0 Å². The Hall–Kier alpha value is -0.435. The molecule has 1 aliphatic rings. The van der Waals surface area contributed by atoms with Gasteiger partial charge in [0.15, 0.2) is 0 Å². The van der Waals surface area contributed by atoms with Gasteiger partial charge in [-0.25, -0.2) is 0 Å². The lowest BCUT2D eigenvalue weighted by Gasteiger charge is -2.32. The minimum Gasteiger partial charge on any atom is -0.598 e. The lowest BCUT2D eigenvalue weighted by atomic mass is 9.77. The van der Waals surface area contributed by atoms with Gasteiger partial charge >= 0.3 is 7.12 Å². The third-order valence-electron chi connectivity index (χ3n) is 5.24. The third-order valence-corrected chi connectivity index (χ3v) is 7.10. The summed E-state index contributed by atoms with van der Waals surface area (Å²) in [6, 6.07) is 5.54. The van der Waals surface area contributed by atoms with Crippen molar-refractivity contribution < 1.29 is 18.6 Å². The quantitative estimate of drug-likeness (QED) is 0.512. The highest BCUT2D eigenvalue weighted by atomic mass is 35.5. The van der Waals surface area contributed by atoms with E-state index in [0.717, 1.165) is 11.3 Å². The number of benzene rings is 1. The zero-order chi connectivity index (χ0) is 21.3. The van der Waals surface area contributed by atoms with Crippen LogP contribution in [0.5, 0.6) is 5.75 Å². The maximum atomic E-state index is 12.7. The largest absolute Gasteiger partial charge is 0.598 e. The number of rotatable bonds is 7. The Kier molecular flexibility index (Phi) is 7.44. The summed E-state index contributed by atoms with van der Waals surface area (Å²) in [7, 11) is -0.508. The van der Waals surface area contributed by atoms with Gasteiger partial charge in [0.1, 0.15) is 10.5 Å². The monoisotopic (exact) mass is 429 g/mol. The Morgan fingerprint density at radius 1 is 1.21 bits per heavy atom. The number of ether oxygens (including phenoxy) is 1. The molecule has 28 heavy (non-hydrogen) atoms. The Morgan fingerprint density at radius 3 is 2.29 bits per heavy atom. The van der Waals surface area contributed by atoms with E-state index in [1.165, 1.54) is 0 Å². The maximum absolute atomic E-state index is 12.7. The zero-order valence-electron chi connectivity index (χ0n) is 18.2. The molecule has 0 bridgehead atoms. The molecule has 5 nitrogen and oxygen atoms in total. The van der Waals surface area contributed by atoms with Crippen LogP contribution in [-0.2, 0) is 20.7 Å². The van der Waals surface area contributed by atoms with Gasteiger partial charge in [-0.3, -0.25) is 0 Å². The van der Waals surface area contributed by atoms with Crippen LogP contribution in [0, 0.1) is 6.92 Å². The van der Waals surface area contributed by atoms with E-state index in [1.807, 2.05) is 73.6 Å². The molecule has 1 fully saturated rings. The van der Waals surface area contributed by atoms with Crippen LogP contribution in [0.15, 0.2) is 18.2 Å². The van der Waals surface area contributed by atoms with Gasteiger partial charge in [0, 0.05) is 16.4 Å². The van der Waals surface area contributed by atoms with E-state index in [2.05, 4.69) is 4.72 Å². The summed E-state index contributed by atoms with van der Waals surface area (Å²) in [5.41, 5.74) is 0.0778. The molecule has 2 rings (SSSR count). The highest BCUT2D eigenvalue weighted by Crippen LogP contribution is 2.38. The van der Waals surface area contributed by atoms with Crippen LogP contribution in [0.25, 0.3) is 0 Å². The maximum Gasteiger partial charge on any atom is 0.480 e. The second-order valence-electron chi connectivity index (χ2n) is 9.28. The van der Waals surface area contributed by atoms with E-state index in [-0.39, 0.29) is 5.94 Å². The van der Waals surface area contributed by atoms with Crippen LogP contribution in [0.2, 0.25) is 5.02 Å². The molecule has 0 spiro atoms. The first-order valence-electron chi connectivity index (χ1n) is 9.65. The summed E-state index contributed by atoms with van der Waals surface area (Å²) in [5.74, 6) is 0.516. The lowest BCUT2D eigenvalue weighted by molar-refractivity contribution is 0.00578. The second-order valence-corrected chi connectivity index (χ2v) is 11.7. The zero-order valence-corrected chi connectivity index (χ0v) is 19.8. The molecule has 2 atom stereocenters. The average molecular weight is 430 g/mol. The van der Waals surface area contributed by atoms with Crippen LogP contribution in [0.3, 0.4) is 0 Å².